The minimum absolute atomic E-state index is 0.0220. The average molecular weight is 327 g/mol. The monoisotopic (exact) mass is 327 g/mol. The van der Waals surface area contributed by atoms with E-state index in [1.807, 2.05) is 42.5 Å². The van der Waals surface area contributed by atoms with Gasteiger partial charge < -0.3 is 10.6 Å². The maximum atomic E-state index is 12.4. The van der Waals surface area contributed by atoms with Crippen LogP contribution in [0.2, 0.25) is 0 Å². The van der Waals surface area contributed by atoms with Crippen LogP contribution in [-0.2, 0) is 11.2 Å². The van der Waals surface area contributed by atoms with E-state index in [1.54, 1.807) is 6.92 Å². The van der Waals surface area contributed by atoms with Gasteiger partial charge in [0, 0.05) is 5.92 Å². The molecule has 1 heterocycles. The molecule has 3 rings (SSSR count). The number of amides is 4. The highest BCUT2D eigenvalue weighted by atomic mass is 16.2. The zero-order chi connectivity index (χ0) is 17.1. The van der Waals surface area contributed by atoms with Crippen LogP contribution in [0.3, 0.4) is 0 Å². The van der Waals surface area contributed by atoms with Crippen LogP contribution in [0.1, 0.15) is 18.9 Å². The number of allylic oxidation sites excluding steroid dienone is 1. The van der Waals surface area contributed by atoms with Gasteiger partial charge in [0.1, 0.15) is 0 Å². The normalized spacial score (nSPS) is 26.4. The number of carbonyl (C=O) groups excluding carboxylic acids is 3. The molecular weight excluding hydrogens is 306 g/mol. The van der Waals surface area contributed by atoms with Crippen LogP contribution in [0, 0.1) is 5.92 Å². The lowest BCUT2D eigenvalue weighted by Crippen LogP contribution is -2.50. The van der Waals surface area contributed by atoms with Gasteiger partial charge in [-0.3, -0.25) is 4.79 Å². The molecule has 1 aliphatic heterocycles. The fourth-order valence-electron chi connectivity index (χ4n) is 3.09. The number of hydrogen-bond acceptors (Lipinski definition) is 3. The van der Waals surface area contributed by atoms with Crippen molar-refractivity contribution in [3.8, 4) is 0 Å². The van der Waals surface area contributed by atoms with Crippen molar-refractivity contribution in [3.63, 3.8) is 0 Å². The van der Waals surface area contributed by atoms with Crippen molar-refractivity contribution in [2.45, 2.75) is 31.8 Å². The molecule has 24 heavy (non-hydrogen) atoms. The number of nitrogens with zero attached hydrogens (tertiary/aromatic N) is 1. The van der Waals surface area contributed by atoms with E-state index >= 15 is 0 Å². The summed E-state index contributed by atoms with van der Waals surface area (Å²) in [4.78, 5) is 37.6. The van der Waals surface area contributed by atoms with Gasteiger partial charge in [-0.2, -0.15) is 0 Å². The summed E-state index contributed by atoms with van der Waals surface area (Å²) < 4.78 is 0. The molecule has 1 aromatic rings. The second-order valence-corrected chi connectivity index (χ2v) is 6.30. The van der Waals surface area contributed by atoms with Crippen molar-refractivity contribution in [1.29, 1.82) is 0 Å². The van der Waals surface area contributed by atoms with Gasteiger partial charge in [0.15, 0.2) is 5.78 Å². The predicted octanol–water partition coefficient (Wildman–Crippen LogP) is 1.87. The number of Topliss-reactive ketones (excluding diaryl/α,β-unsaturated/α-hetero) is 1. The Morgan fingerprint density at radius 3 is 2.79 bits per heavy atom. The summed E-state index contributed by atoms with van der Waals surface area (Å²) in [5.41, 5.74) is 1.10. The maximum absolute atomic E-state index is 12.4. The molecule has 6 heteroatoms. The molecule has 1 aliphatic carbocycles. The molecule has 0 saturated carbocycles. The third-order valence-electron chi connectivity index (χ3n) is 4.43. The summed E-state index contributed by atoms with van der Waals surface area (Å²) in [7, 11) is 0. The van der Waals surface area contributed by atoms with E-state index in [0.717, 1.165) is 10.5 Å². The molecule has 2 aliphatic rings. The predicted molar refractivity (Wildman–Crippen MR) is 89.4 cm³/mol. The molecule has 0 aromatic heterocycles. The summed E-state index contributed by atoms with van der Waals surface area (Å²) in [5.74, 6) is -0.228. The number of ketones is 1. The highest BCUT2D eigenvalue weighted by Gasteiger charge is 2.35. The van der Waals surface area contributed by atoms with E-state index in [9.17, 15) is 14.4 Å². The van der Waals surface area contributed by atoms with E-state index in [2.05, 4.69) is 10.6 Å². The number of hydrogen-bond donors (Lipinski definition) is 2. The second-order valence-electron chi connectivity index (χ2n) is 6.30. The summed E-state index contributed by atoms with van der Waals surface area (Å²) in [5, 5.41) is 5.50. The average Bonchev–Trinajstić information content (AvgIpc) is 2.93. The third-order valence-corrected chi connectivity index (χ3v) is 4.43. The van der Waals surface area contributed by atoms with Gasteiger partial charge in [-0.15, -0.1) is 0 Å². The van der Waals surface area contributed by atoms with E-state index in [4.69, 9.17) is 0 Å². The van der Waals surface area contributed by atoms with E-state index in [-0.39, 0.29) is 17.7 Å². The Kier molecular flexibility index (Phi) is 4.64. The van der Waals surface area contributed by atoms with Crippen LogP contribution in [0.25, 0.3) is 0 Å². The molecule has 0 spiro atoms. The number of urea groups is 2. The van der Waals surface area contributed by atoms with Gasteiger partial charge in [0.2, 0.25) is 0 Å². The first-order valence-corrected chi connectivity index (χ1v) is 8.17. The van der Waals surface area contributed by atoms with Crippen LogP contribution in [0.5, 0.6) is 0 Å². The molecular formula is C18H21N3O3. The molecule has 1 saturated heterocycles. The molecule has 6 nitrogen and oxygen atoms in total. The zero-order valence-corrected chi connectivity index (χ0v) is 13.6. The zero-order valence-electron chi connectivity index (χ0n) is 13.6. The Balaban J connectivity index is 1.58. The Hall–Kier alpha value is -2.63. The van der Waals surface area contributed by atoms with E-state index in [1.165, 1.54) is 0 Å². The highest BCUT2D eigenvalue weighted by Crippen LogP contribution is 2.15. The molecule has 2 N–H and O–H groups in total. The number of nitrogens with one attached hydrogen (secondary N) is 2. The molecule has 1 unspecified atom stereocenters. The lowest BCUT2D eigenvalue weighted by atomic mass is 9.92. The number of carbonyl (C=O) groups is 3. The molecule has 1 aromatic carbocycles. The molecule has 1 fully saturated rings. The van der Waals surface area contributed by atoms with Gasteiger partial charge in [-0.05, 0) is 18.4 Å². The fraction of sp³-hybridized carbons (Fsp3) is 0.389. The van der Waals surface area contributed by atoms with Gasteiger partial charge in [0.05, 0.1) is 18.6 Å². The van der Waals surface area contributed by atoms with Crippen molar-refractivity contribution in [1.82, 2.24) is 15.5 Å². The molecule has 126 valence electrons. The molecule has 4 amide bonds. The Morgan fingerprint density at radius 2 is 2.04 bits per heavy atom. The highest BCUT2D eigenvalue weighted by molar-refractivity contribution is 5.98. The first-order chi connectivity index (χ1) is 11.5. The number of benzene rings is 1. The lowest BCUT2D eigenvalue weighted by Gasteiger charge is -2.24. The minimum Gasteiger partial charge on any atom is -0.333 e. The van der Waals surface area contributed by atoms with Crippen molar-refractivity contribution < 1.29 is 14.4 Å². The van der Waals surface area contributed by atoms with Crippen molar-refractivity contribution in [2.75, 3.05) is 6.54 Å². The lowest BCUT2D eigenvalue weighted by molar-refractivity contribution is -0.123. The largest absolute Gasteiger partial charge is 0.333 e. The fourth-order valence-corrected chi connectivity index (χ4v) is 3.09. The van der Waals surface area contributed by atoms with Gasteiger partial charge in [-0.25, -0.2) is 14.5 Å². The smallest absolute Gasteiger partial charge is 0.326 e. The first-order valence-electron chi connectivity index (χ1n) is 8.17. The Morgan fingerprint density at radius 1 is 1.29 bits per heavy atom. The van der Waals surface area contributed by atoms with Gasteiger partial charge in [-0.1, -0.05) is 49.4 Å². The Bertz CT molecular complexity index is 671. The quantitative estimate of drug-likeness (QED) is 0.832. The topological polar surface area (TPSA) is 78.5 Å². The van der Waals surface area contributed by atoms with Crippen LogP contribution in [0.4, 0.5) is 9.59 Å². The van der Waals surface area contributed by atoms with E-state index < -0.39 is 18.1 Å². The third kappa shape index (κ3) is 3.48. The first kappa shape index (κ1) is 16.2. The van der Waals surface area contributed by atoms with Gasteiger partial charge >= 0.3 is 12.1 Å². The SMILES string of the molecule is CC1C=CC[C@H](NC(=O)N2C[C@H](Cc3ccccc3)NC2=O)C1=O. The summed E-state index contributed by atoms with van der Waals surface area (Å²) in [6.45, 7) is 2.10. The number of rotatable bonds is 3. The standard InChI is InChI=1S/C18H21N3O3/c1-12-6-5-9-15(16(12)22)20-18(24)21-11-14(19-17(21)23)10-13-7-3-2-4-8-13/h2-8,12,14-15H,9-11H2,1H3,(H,19,23)(H,20,24)/t12?,14-,15-/m0/s1. The van der Waals surface area contributed by atoms with Crippen LogP contribution >= 0.6 is 0 Å². The van der Waals surface area contributed by atoms with Crippen molar-refractivity contribution >= 4 is 17.8 Å². The summed E-state index contributed by atoms with van der Waals surface area (Å²) in [6, 6.07) is 8.20. The van der Waals surface area contributed by atoms with Gasteiger partial charge in [0.25, 0.3) is 0 Å². The summed E-state index contributed by atoms with van der Waals surface area (Å²) in [6.07, 6.45) is 4.86. The van der Waals surface area contributed by atoms with Crippen LogP contribution < -0.4 is 10.6 Å². The van der Waals surface area contributed by atoms with Crippen LogP contribution in [-0.4, -0.2) is 41.4 Å². The van der Waals surface area contributed by atoms with E-state index in [0.29, 0.717) is 19.4 Å². The minimum atomic E-state index is -0.557. The maximum Gasteiger partial charge on any atom is 0.326 e. The number of imide groups is 1. The second kappa shape index (κ2) is 6.86. The molecule has 0 radical (unpaired) electrons. The van der Waals surface area contributed by atoms with Crippen molar-refractivity contribution in [2.24, 2.45) is 5.92 Å². The molecule has 3 atom stereocenters. The van der Waals surface area contributed by atoms with Crippen LogP contribution in [0.15, 0.2) is 42.5 Å². The van der Waals surface area contributed by atoms with Crippen molar-refractivity contribution in [3.05, 3.63) is 48.0 Å². The summed E-state index contributed by atoms with van der Waals surface area (Å²) >= 11 is 0. The Labute approximate surface area is 140 Å². The molecule has 0 bridgehead atoms.